The lowest BCUT2D eigenvalue weighted by molar-refractivity contribution is 0.358. The Kier molecular flexibility index (Phi) is 4.46. The van der Waals surface area contributed by atoms with Crippen molar-refractivity contribution < 1.29 is 8.42 Å². The van der Waals surface area contributed by atoms with Gasteiger partial charge in [0, 0.05) is 17.9 Å². The van der Waals surface area contributed by atoms with Gasteiger partial charge in [0.15, 0.2) is 4.90 Å². The van der Waals surface area contributed by atoms with Crippen LogP contribution in [0.2, 0.25) is 0 Å². The Balaban J connectivity index is 1.93. The number of H-pyrrole nitrogens is 2. The molecule has 1 aromatic heterocycles. The molecule has 3 aliphatic rings. The minimum atomic E-state index is -4.14. The van der Waals surface area contributed by atoms with E-state index in [2.05, 4.69) is 20.9 Å². The van der Waals surface area contributed by atoms with Crippen LogP contribution >= 0.6 is 0 Å². The average molecular weight is 404 g/mol. The number of aryl methyl sites for hydroxylation is 1. The van der Waals surface area contributed by atoms with Crippen molar-refractivity contribution >= 4 is 10.0 Å². The summed E-state index contributed by atoms with van der Waals surface area (Å²) in [6.45, 7) is 5.01. The molecular weight excluding hydrogens is 380 g/mol. The number of rotatable bonds is 2. The second-order valence-electron chi connectivity index (χ2n) is 7.73. The van der Waals surface area contributed by atoms with Crippen molar-refractivity contribution in [1.29, 1.82) is 0 Å². The van der Waals surface area contributed by atoms with Gasteiger partial charge in [-0.2, -0.15) is 0 Å². The van der Waals surface area contributed by atoms with Gasteiger partial charge >= 0.3 is 5.69 Å². The van der Waals surface area contributed by atoms with Gasteiger partial charge in [-0.25, -0.2) is 13.2 Å². The van der Waals surface area contributed by atoms with E-state index >= 15 is 0 Å². The summed E-state index contributed by atoms with van der Waals surface area (Å²) in [5.74, 6) is 0. The van der Waals surface area contributed by atoms with Gasteiger partial charge in [0.1, 0.15) is 0 Å². The van der Waals surface area contributed by atoms with E-state index in [-0.39, 0.29) is 16.6 Å². The van der Waals surface area contributed by atoms with E-state index in [0.29, 0.717) is 19.4 Å². The Bertz CT molecular complexity index is 1150. The molecule has 4 rings (SSSR count). The van der Waals surface area contributed by atoms with Gasteiger partial charge in [-0.1, -0.05) is 17.7 Å². The molecule has 0 saturated heterocycles. The quantitative estimate of drug-likeness (QED) is 0.765. The van der Waals surface area contributed by atoms with Gasteiger partial charge in [-0.3, -0.25) is 14.1 Å². The van der Waals surface area contributed by atoms with Crippen LogP contribution in [0.4, 0.5) is 0 Å². The molecule has 0 radical (unpaired) electrons. The number of aromatic amines is 2. The predicted octanol–water partition coefficient (Wildman–Crippen LogP) is 1.00. The van der Waals surface area contributed by atoms with Crippen LogP contribution in [0, 0.1) is 6.92 Å². The van der Waals surface area contributed by atoms with Crippen LogP contribution in [0.3, 0.4) is 0 Å². The maximum absolute atomic E-state index is 13.7. The maximum Gasteiger partial charge on any atom is 0.325 e. The first-order chi connectivity index (χ1) is 13.2. The van der Waals surface area contributed by atoms with Crippen LogP contribution in [0.15, 0.2) is 49.1 Å². The van der Waals surface area contributed by atoms with Crippen molar-refractivity contribution in [3.63, 3.8) is 0 Å². The summed E-state index contributed by atoms with van der Waals surface area (Å²) in [4.78, 5) is 30.2. The van der Waals surface area contributed by atoms with Crippen molar-refractivity contribution in [2.75, 3.05) is 20.1 Å². The average Bonchev–Trinajstić information content (AvgIpc) is 2.74. The number of hydrogen-bond donors (Lipinski definition) is 2. The van der Waals surface area contributed by atoms with Crippen LogP contribution in [0.1, 0.15) is 31.9 Å². The number of nitrogens with one attached hydrogen (secondary N) is 2. The van der Waals surface area contributed by atoms with E-state index in [1.54, 1.807) is 0 Å². The van der Waals surface area contributed by atoms with Gasteiger partial charge < -0.3 is 9.88 Å². The largest absolute Gasteiger partial charge is 0.325 e. The molecule has 1 aromatic rings. The Morgan fingerprint density at radius 1 is 1.18 bits per heavy atom. The zero-order valence-electron chi connectivity index (χ0n) is 16.2. The summed E-state index contributed by atoms with van der Waals surface area (Å²) in [5.41, 5.74) is 2.41. The SMILES string of the molecule is CC1=CCC2C(=C1)C1=C(CCCN(C)C1)N2S(=O)(=O)c1c(C)[nH]c(=O)[nH]c1=O. The molecule has 0 spiro atoms. The van der Waals surface area contributed by atoms with Crippen molar-refractivity contribution in [1.82, 2.24) is 19.2 Å². The molecule has 0 saturated carbocycles. The molecule has 0 fully saturated rings. The van der Waals surface area contributed by atoms with Crippen LogP contribution in [-0.2, 0) is 10.0 Å². The standard InChI is InChI=1S/C19H24N4O4S/c1-11-6-7-16-13(9-11)14-10-22(3)8-4-5-15(14)23(16)28(26,27)17-12(2)20-19(25)21-18(17)24/h6,9,16H,4-5,7-8,10H2,1-3H3,(H2,20,21,24,25). The number of allylic oxidation sites excluding steroid dienone is 3. The second-order valence-corrected chi connectivity index (χ2v) is 9.48. The third-order valence-corrected chi connectivity index (χ3v) is 7.62. The number of fused-ring (bicyclic) bond motifs is 2. The number of nitrogens with zero attached hydrogens (tertiary/aromatic N) is 2. The molecule has 28 heavy (non-hydrogen) atoms. The maximum atomic E-state index is 13.7. The zero-order chi connectivity index (χ0) is 20.2. The lowest BCUT2D eigenvalue weighted by Crippen LogP contribution is -2.41. The van der Waals surface area contributed by atoms with Crippen LogP contribution in [0.25, 0.3) is 0 Å². The normalized spacial score (nSPS) is 23.1. The first-order valence-electron chi connectivity index (χ1n) is 9.37. The van der Waals surface area contributed by atoms with Gasteiger partial charge in [-0.05, 0) is 57.8 Å². The molecule has 3 heterocycles. The molecule has 1 aliphatic carbocycles. The summed E-state index contributed by atoms with van der Waals surface area (Å²) in [7, 11) is -2.10. The van der Waals surface area contributed by atoms with Gasteiger partial charge in [-0.15, -0.1) is 0 Å². The smallest absolute Gasteiger partial charge is 0.310 e. The molecule has 2 aliphatic heterocycles. The number of hydrogen-bond acceptors (Lipinski definition) is 5. The summed E-state index contributed by atoms with van der Waals surface area (Å²) in [5, 5.41) is 0. The number of sulfonamides is 1. The monoisotopic (exact) mass is 404 g/mol. The topological polar surface area (TPSA) is 106 Å². The highest BCUT2D eigenvalue weighted by atomic mass is 32.2. The second kappa shape index (κ2) is 6.59. The van der Waals surface area contributed by atoms with Crippen LogP contribution in [0.5, 0.6) is 0 Å². The minimum absolute atomic E-state index is 0.0570. The Morgan fingerprint density at radius 2 is 1.93 bits per heavy atom. The molecule has 1 unspecified atom stereocenters. The molecule has 0 amide bonds. The number of likely N-dealkylation sites (N-methyl/N-ethyl adjacent to an activating group) is 1. The summed E-state index contributed by atoms with van der Waals surface area (Å²) in [6.07, 6.45) is 6.12. The van der Waals surface area contributed by atoms with Gasteiger partial charge in [0.2, 0.25) is 0 Å². The van der Waals surface area contributed by atoms with E-state index < -0.39 is 21.3 Å². The van der Waals surface area contributed by atoms with Gasteiger partial charge in [0.05, 0.1) is 6.04 Å². The van der Waals surface area contributed by atoms with E-state index in [4.69, 9.17) is 0 Å². The predicted molar refractivity (Wildman–Crippen MR) is 105 cm³/mol. The van der Waals surface area contributed by atoms with Crippen molar-refractivity contribution in [2.45, 2.75) is 44.0 Å². The Morgan fingerprint density at radius 3 is 2.64 bits per heavy atom. The van der Waals surface area contributed by atoms with E-state index in [1.807, 2.05) is 20.0 Å². The zero-order valence-corrected chi connectivity index (χ0v) is 17.0. The molecule has 0 aromatic carbocycles. The highest BCUT2D eigenvalue weighted by Crippen LogP contribution is 2.44. The van der Waals surface area contributed by atoms with E-state index in [0.717, 1.165) is 35.4 Å². The number of aromatic nitrogens is 2. The summed E-state index contributed by atoms with van der Waals surface area (Å²) in [6, 6.07) is -0.351. The first-order valence-corrected chi connectivity index (χ1v) is 10.8. The third kappa shape index (κ3) is 2.89. The van der Waals surface area contributed by atoms with E-state index in [1.165, 1.54) is 11.2 Å². The highest BCUT2D eigenvalue weighted by Gasteiger charge is 2.45. The van der Waals surface area contributed by atoms with Crippen molar-refractivity contribution in [2.24, 2.45) is 0 Å². The molecule has 2 N–H and O–H groups in total. The fourth-order valence-electron chi connectivity index (χ4n) is 4.44. The van der Waals surface area contributed by atoms with Crippen molar-refractivity contribution in [3.8, 4) is 0 Å². The molecule has 150 valence electrons. The first kappa shape index (κ1) is 18.9. The lowest BCUT2D eigenvalue weighted by atomic mass is 9.92. The Labute approximate surface area is 163 Å². The third-order valence-electron chi connectivity index (χ3n) is 5.62. The van der Waals surface area contributed by atoms with Gasteiger partial charge in [0.25, 0.3) is 15.6 Å². The van der Waals surface area contributed by atoms with Crippen molar-refractivity contribution in [3.05, 3.63) is 61.1 Å². The molecule has 9 heteroatoms. The van der Waals surface area contributed by atoms with Crippen LogP contribution in [-0.4, -0.2) is 53.8 Å². The minimum Gasteiger partial charge on any atom is -0.310 e. The molecule has 0 bridgehead atoms. The fraction of sp³-hybridized carbons (Fsp3) is 0.474. The van der Waals surface area contributed by atoms with Crippen LogP contribution < -0.4 is 11.2 Å². The van der Waals surface area contributed by atoms with E-state index in [9.17, 15) is 18.0 Å². The highest BCUT2D eigenvalue weighted by molar-refractivity contribution is 7.89. The molecular formula is C19H24N4O4S. The molecule has 8 nitrogen and oxygen atoms in total. The summed E-state index contributed by atoms with van der Waals surface area (Å²) >= 11 is 0. The summed E-state index contributed by atoms with van der Waals surface area (Å²) < 4.78 is 28.8. The fourth-order valence-corrected chi connectivity index (χ4v) is 6.39. The lowest BCUT2D eigenvalue weighted by Gasteiger charge is -2.31. The molecule has 1 atom stereocenters. The Hall–Kier alpha value is -2.39.